The lowest BCUT2D eigenvalue weighted by molar-refractivity contribution is 0.224. The van der Waals surface area contributed by atoms with Gasteiger partial charge in [-0.3, -0.25) is 4.90 Å². The van der Waals surface area contributed by atoms with Gasteiger partial charge in [-0.2, -0.15) is 9.61 Å². The van der Waals surface area contributed by atoms with Crippen LogP contribution >= 0.6 is 11.3 Å². The fraction of sp³-hybridized carbons (Fsp3) is 0.438. The van der Waals surface area contributed by atoms with Crippen molar-refractivity contribution in [1.82, 2.24) is 24.7 Å². The molecule has 0 spiro atoms. The molecule has 2 heterocycles. The van der Waals surface area contributed by atoms with Crippen LogP contribution in [0, 0.1) is 0 Å². The number of para-hydroxylation sites is 1. The molecule has 6 nitrogen and oxygen atoms in total. The summed E-state index contributed by atoms with van der Waals surface area (Å²) in [6, 6.07) is 9.79. The SMILES string of the molecule is CCN(CC)Cc1nnc2sc([C@H](C)Oc3ccccc3)nn12. The lowest BCUT2D eigenvalue weighted by Gasteiger charge is -2.15. The number of hydrogen-bond donors (Lipinski definition) is 0. The molecule has 3 rings (SSSR count). The first kappa shape index (κ1) is 15.9. The van der Waals surface area contributed by atoms with E-state index in [9.17, 15) is 0 Å². The zero-order valence-electron chi connectivity index (χ0n) is 13.6. The number of rotatable bonds is 7. The van der Waals surface area contributed by atoms with Crippen molar-refractivity contribution >= 4 is 16.3 Å². The first-order valence-electron chi connectivity index (χ1n) is 7.86. The Hall–Kier alpha value is -1.99. The monoisotopic (exact) mass is 331 g/mol. The Morgan fingerprint density at radius 2 is 1.91 bits per heavy atom. The van der Waals surface area contributed by atoms with Crippen molar-refractivity contribution in [2.24, 2.45) is 0 Å². The Kier molecular flexibility index (Phi) is 4.88. The molecule has 122 valence electrons. The van der Waals surface area contributed by atoms with Crippen LogP contribution in [0.15, 0.2) is 30.3 Å². The Morgan fingerprint density at radius 1 is 1.17 bits per heavy atom. The van der Waals surface area contributed by atoms with Crippen LogP contribution in [-0.2, 0) is 6.54 Å². The molecule has 2 aromatic heterocycles. The highest BCUT2D eigenvalue weighted by Gasteiger charge is 2.18. The van der Waals surface area contributed by atoms with Crippen LogP contribution in [0.25, 0.3) is 4.96 Å². The molecule has 0 saturated carbocycles. The van der Waals surface area contributed by atoms with Crippen molar-refractivity contribution < 1.29 is 4.74 Å². The van der Waals surface area contributed by atoms with Gasteiger partial charge in [-0.05, 0) is 32.1 Å². The summed E-state index contributed by atoms with van der Waals surface area (Å²) in [5.41, 5.74) is 0. The average molecular weight is 331 g/mol. The van der Waals surface area contributed by atoms with E-state index < -0.39 is 0 Å². The summed E-state index contributed by atoms with van der Waals surface area (Å²) in [4.78, 5) is 3.10. The molecular formula is C16H21N5OS. The van der Waals surface area contributed by atoms with Crippen LogP contribution in [0.1, 0.15) is 37.7 Å². The largest absolute Gasteiger partial charge is 0.483 e. The van der Waals surface area contributed by atoms with E-state index in [1.165, 1.54) is 11.3 Å². The van der Waals surface area contributed by atoms with E-state index in [0.29, 0.717) is 0 Å². The predicted octanol–water partition coefficient (Wildman–Crippen LogP) is 3.17. The minimum absolute atomic E-state index is 0.120. The van der Waals surface area contributed by atoms with Crippen LogP contribution < -0.4 is 4.74 Å². The molecule has 0 unspecified atom stereocenters. The van der Waals surface area contributed by atoms with Crippen LogP contribution in [-0.4, -0.2) is 37.8 Å². The summed E-state index contributed by atoms with van der Waals surface area (Å²) in [6.45, 7) is 9.01. The van der Waals surface area contributed by atoms with Crippen LogP contribution in [0.5, 0.6) is 5.75 Å². The molecule has 0 radical (unpaired) electrons. The third kappa shape index (κ3) is 3.51. The van der Waals surface area contributed by atoms with E-state index in [0.717, 1.165) is 41.2 Å². The van der Waals surface area contributed by atoms with E-state index in [1.807, 2.05) is 41.8 Å². The van der Waals surface area contributed by atoms with E-state index >= 15 is 0 Å². The number of aromatic nitrogens is 4. The zero-order chi connectivity index (χ0) is 16.2. The highest BCUT2D eigenvalue weighted by Crippen LogP contribution is 2.25. The van der Waals surface area contributed by atoms with Crippen molar-refractivity contribution in [3.63, 3.8) is 0 Å². The van der Waals surface area contributed by atoms with Crippen molar-refractivity contribution in [2.75, 3.05) is 13.1 Å². The van der Waals surface area contributed by atoms with Gasteiger partial charge in [0, 0.05) is 0 Å². The quantitative estimate of drug-likeness (QED) is 0.665. The zero-order valence-corrected chi connectivity index (χ0v) is 14.5. The van der Waals surface area contributed by atoms with Gasteiger partial charge >= 0.3 is 0 Å². The topological polar surface area (TPSA) is 55.5 Å². The van der Waals surface area contributed by atoms with E-state index in [-0.39, 0.29) is 6.10 Å². The van der Waals surface area contributed by atoms with Gasteiger partial charge in [-0.1, -0.05) is 43.4 Å². The molecule has 0 aliphatic heterocycles. The smallest absolute Gasteiger partial charge is 0.234 e. The Labute approximate surface area is 139 Å². The number of nitrogens with zero attached hydrogens (tertiary/aromatic N) is 5. The minimum Gasteiger partial charge on any atom is -0.483 e. The van der Waals surface area contributed by atoms with Gasteiger partial charge in [0.1, 0.15) is 11.9 Å². The normalized spacial score (nSPS) is 12.9. The molecular weight excluding hydrogens is 310 g/mol. The molecule has 0 aliphatic carbocycles. The summed E-state index contributed by atoms with van der Waals surface area (Å²) in [6.07, 6.45) is -0.120. The van der Waals surface area contributed by atoms with Gasteiger partial charge in [0.15, 0.2) is 10.8 Å². The standard InChI is InChI=1S/C16H21N5OS/c1-4-20(5-2)11-14-17-18-16-21(14)19-15(23-16)12(3)22-13-9-7-6-8-10-13/h6-10,12H,4-5,11H2,1-3H3/t12-/m0/s1. The third-order valence-electron chi connectivity index (χ3n) is 3.73. The maximum Gasteiger partial charge on any atom is 0.234 e. The van der Waals surface area contributed by atoms with Crippen molar-refractivity contribution in [1.29, 1.82) is 0 Å². The maximum atomic E-state index is 5.94. The number of benzene rings is 1. The minimum atomic E-state index is -0.120. The number of hydrogen-bond acceptors (Lipinski definition) is 6. The second-order valence-corrected chi connectivity index (χ2v) is 6.27. The summed E-state index contributed by atoms with van der Waals surface area (Å²) >= 11 is 1.52. The second kappa shape index (κ2) is 7.06. The molecule has 0 amide bonds. The summed E-state index contributed by atoms with van der Waals surface area (Å²) in [5, 5.41) is 14.0. The van der Waals surface area contributed by atoms with Crippen molar-refractivity contribution in [3.8, 4) is 5.75 Å². The lowest BCUT2D eigenvalue weighted by atomic mass is 10.3. The van der Waals surface area contributed by atoms with Crippen molar-refractivity contribution in [3.05, 3.63) is 41.2 Å². The fourth-order valence-electron chi connectivity index (χ4n) is 2.34. The van der Waals surface area contributed by atoms with Crippen LogP contribution in [0.2, 0.25) is 0 Å². The lowest BCUT2D eigenvalue weighted by Crippen LogP contribution is -2.23. The molecule has 1 atom stereocenters. The molecule has 0 N–H and O–H groups in total. The van der Waals surface area contributed by atoms with E-state index in [1.54, 1.807) is 0 Å². The molecule has 3 aromatic rings. The third-order valence-corrected chi connectivity index (χ3v) is 4.79. The van der Waals surface area contributed by atoms with Crippen LogP contribution in [0.4, 0.5) is 0 Å². The molecule has 0 bridgehead atoms. The van der Waals surface area contributed by atoms with Gasteiger partial charge in [0.05, 0.1) is 6.54 Å². The van der Waals surface area contributed by atoms with Gasteiger partial charge in [0.2, 0.25) is 4.96 Å². The summed E-state index contributed by atoms with van der Waals surface area (Å²) in [7, 11) is 0. The molecule has 23 heavy (non-hydrogen) atoms. The highest BCUT2D eigenvalue weighted by atomic mass is 32.1. The summed E-state index contributed by atoms with van der Waals surface area (Å²) < 4.78 is 7.78. The first-order valence-corrected chi connectivity index (χ1v) is 8.68. The number of fused-ring (bicyclic) bond motifs is 1. The second-order valence-electron chi connectivity index (χ2n) is 5.29. The summed E-state index contributed by atoms with van der Waals surface area (Å²) in [5.74, 6) is 1.72. The predicted molar refractivity (Wildman–Crippen MR) is 90.8 cm³/mol. The molecule has 0 aliphatic rings. The van der Waals surface area contributed by atoms with E-state index in [4.69, 9.17) is 4.74 Å². The fourth-order valence-corrected chi connectivity index (χ4v) is 3.17. The van der Waals surface area contributed by atoms with Gasteiger partial charge in [-0.25, -0.2) is 0 Å². The molecule has 0 fully saturated rings. The molecule has 1 aromatic carbocycles. The molecule has 7 heteroatoms. The van der Waals surface area contributed by atoms with Crippen molar-refractivity contribution in [2.45, 2.75) is 33.4 Å². The van der Waals surface area contributed by atoms with Gasteiger partial charge in [0.25, 0.3) is 0 Å². The Morgan fingerprint density at radius 3 is 2.61 bits per heavy atom. The van der Waals surface area contributed by atoms with Gasteiger partial charge < -0.3 is 4.74 Å². The van der Waals surface area contributed by atoms with Crippen LogP contribution in [0.3, 0.4) is 0 Å². The van der Waals surface area contributed by atoms with Gasteiger partial charge in [-0.15, -0.1) is 10.2 Å². The highest BCUT2D eigenvalue weighted by molar-refractivity contribution is 7.16. The molecule has 0 saturated heterocycles. The Balaban J connectivity index is 1.79. The van der Waals surface area contributed by atoms with E-state index in [2.05, 4.69) is 34.0 Å². The average Bonchev–Trinajstić information content (AvgIpc) is 3.15. The first-order chi connectivity index (χ1) is 11.2. The Bertz CT molecular complexity index is 750. The number of ether oxygens (including phenoxy) is 1. The maximum absolute atomic E-state index is 5.94.